The number of pyridine rings is 1. The number of thiocarbonyl (C=S) groups is 1. The van der Waals surface area contributed by atoms with E-state index in [1.165, 1.54) is 6.07 Å². The SMILES string of the molecule is CN1C(=S)NC(c2ccccn2)C1c1cccn1-c1ccc(F)c(Cl)c1. The van der Waals surface area contributed by atoms with Gasteiger partial charge < -0.3 is 14.8 Å². The van der Waals surface area contributed by atoms with Gasteiger partial charge in [-0.25, -0.2) is 4.39 Å². The maximum atomic E-state index is 13.6. The molecule has 0 bridgehead atoms. The summed E-state index contributed by atoms with van der Waals surface area (Å²) in [5.41, 5.74) is 2.72. The standard InChI is InChI=1S/C19H16ClFN4S/c1-24-18(17(23-19(24)26)15-5-2-3-9-22-15)16-6-4-10-25(16)12-7-8-14(21)13(20)11-12/h2-11,17-18H,1H3,(H,23,26). The third-order valence-corrected chi connectivity index (χ3v) is 5.30. The largest absolute Gasteiger partial charge is 0.352 e. The van der Waals surface area contributed by atoms with Crippen molar-refractivity contribution >= 4 is 28.9 Å². The van der Waals surface area contributed by atoms with Crippen molar-refractivity contribution in [2.75, 3.05) is 7.05 Å². The second-order valence-electron chi connectivity index (χ2n) is 6.14. The fraction of sp³-hybridized carbons (Fsp3) is 0.158. The van der Waals surface area contributed by atoms with Gasteiger partial charge in [-0.15, -0.1) is 0 Å². The number of benzene rings is 1. The van der Waals surface area contributed by atoms with E-state index >= 15 is 0 Å². The van der Waals surface area contributed by atoms with Crippen molar-refractivity contribution in [1.29, 1.82) is 0 Å². The zero-order valence-corrected chi connectivity index (χ0v) is 15.5. The van der Waals surface area contributed by atoms with E-state index in [9.17, 15) is 4.39 Å². The molecule has 132 valence electrons. The molecule has 1 aliphatic heterocycles. The highest BCUT2D eigenvalue weighted by Gasteiger charge is 2.39. The lowest BCUT2D eigenvalue weighted by molar-refractivity contribution is 0.357. The third kappa shape index (κ3) is 2.85. The fourth-order valence-electron chi connectivity index (χ4n) is 3.33. The van der Waals surface area contributed by atoms with E-state index in [-0.39, 0.29) is 17.1 Å². The van der Waals surface area contributed by atoms with Gasteiger partial charge in [0.2, 0.25) is 0 Å². The molecular weight excluding hydrogens is 371 g/mol. The van der Waals surface area contributed by atoms with Crippen LogP contribution in [0.4, 0.5) is 4.39 Å². The zero-order chi connectivity index (χ0) is 18.3. The van der Waals surface area contributed by atoms with E-state index < -0.39 is 5.82 Å². The number of nitrogens with one attached hydrogen (secondary N) is 1. The van der Waals surface area contributed by atoms with Crippen LogP contribution >= 0.6 is 23.8 Å². The Kier molecular flexibility index (Phi) is 4.38. The Morgan fingerprint density at radius 1 is 1.19 bits per heavy atom. The van der Waals surface area contributed by atoms with Crippen LogP contribution in [0.5, 0.6) is 0 Å². The maximum Gasteiger partial charge on any atom is 0.169 e. The summed E-state index contributed by atoms with van der Waals surface area (Å²) >= 11 is 11.5. The zero-order valence-electron chi connectivity index (χ0n) is 13.9. The van der Waals surface area contributed by atoms with Crippen LogP contribution in [0.25, 0.3) is 5.69 Å². The number of halogens is 2. The van der Waals surface area contributed by atoms with E-state index in [1.807, 2.05) is 53.0 Å². The number of rotatable bonds is 3. The van der Waals surface area contributed by atoms with Gasteiger partial charge in [0.1, 0.15) is 5.82 Å². The minimum atomic E-state index is -0.434. The summed E-state index contributed by atoms with van der Waals surface area (Å²) in [4.78, 5) is 6.51. The van der Waals surface area contributed by atoms with E-state index in [1.54, 1.807) is 18.3 Å². The molecule has 4 rings (SSSR count). The molecule has 1 fully saturated rings. The molecule has 0 spiro atoms. The van der Waals surface area contributed by atoms with Crippen LogP contribution in [0.2, 0.25) is 5.02 Å². The molecule has 0 aliphatic carbocycles. The van der Waals surface area contributed by atoms with Gasteiger partial charge >= 0.3 is 0 Å². The normalized spacial score (nSPS) is 19.7. The van der Waals surface area contributed by atoms with Crippen molar-refractivity contribution in [1.82, 2.24) is 19.8 Å². The van der Waals surface area contributed by atoms with Crippen LogP contribution < -0.4 is 5.32 Å². The smallest absolute Gasteiger partial charge is 0.169 e. The minimum Gasteiger partial charge on any atom is -0.352 e. The molecule has 7 heteroatoms. The molecule has 0 saturated carbocycles. The van der Waals surface area contributed by atoms with Crippen molar-refractivity contribution < 1.29 is 4.39 Å². The van der Waals surface area contributed by atoms with Gasteiger partial charge in [-0.1, -0.05) is 17.7 Å². The van der Waals surface area contributed by atoms with Gasteiger partial charge in [-0.05, 0) is 54.7 Å². The second kappa shape index (κ2) is 6.70. The number of aromatic nitrogens is 2. The van der Waals surface area contributed by atoms with Crippen molar-refractivity contribution in [3.8, 4) is 5.69 Å². The first-order chi connectivity index (χ1) is 12.6. The summed E-state index contributed by atoms with van der Waals surface area (Å²) in [6.45, 7) is 0. The van der Waals surface area contributed by atoms with Gasteiger partial charge in [0.15, 0.2) is 5.11 Å². The van der Waals surface area contributed by atoms with E-state index in [0.717, 1.165) is 17.1 Å². The fourth-order valence-corrected chi connectivity index (χ4v) is 3.75. The van der Waals surface area contributed by atoms with Gasteiger partial charge in [0, 0.05) is 30.8 Å². The lowest BCUT2D eigenvalue weighted by Gasteiger charge is -2.25. The summed E-state index contributed by atoms with van der Waals surface area (Å²) in [7, 11) is 1.96. The van der Waals surface area contributed by atoms with Gasteiger partial charge in [-0.3, -0.25) is 4.98 Å². The highest BCUT2D eigenvalue weighted by molar-refractivity contribution is 7.80. The molecule has 1 aliphatic rings. The topological polar surface area (TPSA) is 33.1 Å². The first-order valence-electron chi connectivity index (χ1n) is 8.13. The molecular formula is C19H16ClFN4S. The number of hydrogen-bond donors (Lipinski definition) is 1. The van der Waals surface area contributed by atoms with Crippen molar-refractivity contribution in [3.05, 3.63) is 83.2 Å². The molecule has 1 saturated heterocycles. The molecule has 1 N–H and O–H groups in total. The van der Waals surface area contributed by atoms with Gasteiger partial charge in [0.25, 0.3) is 0 Å². The van der Waals surface area contributed by atoms with Crippen molar-refractivity contribution in [2.45, 2.75) is 12.1 Å². The summed E-state index contributed by atoms with van der Waals surface area (Å²) in [5.74, 6) is -0.434. The molecule has 26 heavy (non-hydrogen) atoms. The predicted octanol–water partition coefficient (Wildman–Crippen LogP) is 4.27. The summed E-state index contributed by atoms with van der Waals surface area (Å²) < 4.78 is 15.6. The van der Waals surface area contributed by atoms with E-state index in [4.69, 9.17) is 23.8 Å². The number of hydrogen-bond acceptors (Lipinski definition) is 2. The van der Waals surface area contributed by atoms with Crippen LogP contribution in [-0.4, -0.2) is 26.6 Å². The first-order valence-corrected chi connectivity index (χ1v) is 8.92. The lowest BCUT2D eigenvalue weighted by Crippen LogP contribution is -2.25. The average molecular weight is 387 g/mol. The Balaban J connectivity index is 1.80. The van der Waals surface area contributed by atoms with Crippen molar-refractivity contribution in [2.24, 2.45) is 0 Å². The Morgan fingerprint density at radius 2 is 2.04 bits per heavy atom. The monoisotopic (exact) mass is 386 g/mol. The van der Waals surface area contributed by atoms with E-state index in [0.29, 0.717) is 5.11 Å². The highest BCUT2D eigenvalue weighted by Crippen LogP contribution is 2.38. The summed E-state index contributed by atoms with van der Waals surface area (Å²) in [6.07, 6.45) is 3.71. The Bertz CT molecular complexity index is 959. The van der Waals surface area contributed by atoms with E-state index in [2.05, 4.69) is 10.3 Å². The lowest BCUT2D eigenvalue weighted by atomic mass is 10.0. The van der Waals surface area contributed by atoms with Crippen LogP contribution in [-0.2, 0) is 0 Å². The molecule has 2 aromatic heterocycles. The molecule has 1 aromatic carbocycles. The molecule has 3 heterocycles. The Morgan fingerprint density at radius 3 is 2.77 bits per heavy atom. The van der Waals surface area contributed by atoms with Crippen LogP contribution in [0, 0.1) is 5.82 Å². The molecule has 2 unspecified atom stereocenters. The second-order valence-corrected chi connectivity index (χ2v) is 6.93. The Hall–Kier alpha value is -2.44. The maximum absolute atomic E-state index is 13.6. The highest BCUT2D eigenvalue weighted by atomic mass is 35.5. The third-order valence-electron chi connectivity index (χ3n) is 4.60. The van der Waals surface area contributed by atoms with Crippen LogP contribution in [0.3, 0.4) is 0 Å². The molecule has 2 atom stereocenters. The molecule has 4 nitrogen and oxygen atoms in total. The number of nitrogens with zero attached hydrogens (tertiary/aromatic N) is 3. The quantitative estimate of drug-likeness (QED) is 0.681. The summed E-state index contributed by atoms with van der Waals surface area (Å²) in [6, 6.07) is 14.4. The van der Waals surface area contributed by atoms with Gasteiger partial charge in [0.05, 0.1) is 22.8 Å². The first kappa shape index (κ1) is 17.0. The minimum absolute atomic E-state index is 0.0590. The predicted molar refractivity (Wildman–Crippen MR) is 104 cm³/mol. The Labute approximate surface area is 161 Å². The van der Waals surface area contributed by atoms with Crippen LogP contribution in [0.1, 0.15) is 23.5 Å². The van der Waals surface area contributed by atoms with Crippen molar-refractivity contribution in [3.63, 3.8) is 0 Å². The number of likely N-dealkylation sites (N-methyl/N-ethyl adjacent to an activating group) is 1. The van der Waals surface area contributed by atoms with Gasteiger partial charge in [-0.2, -0.15) is 0 Å². The molecule has 0 amide bonds. The molecule has 0 radical (unpaired) electrons. The van der Waals surface area contributed by atoms with Crippen LogP contribution in [0.15, 0.2) is 60.9 Å². The summed E-state index contributed by atoms with van der Waals surface area (Å²) in [5, 5.41) is 4.11. The molecule has 3 aromatic rings. The average Bonchev–Trinajstić information content (AvgIpc) is 3.23.